The molecule has 1 aromatic rings. The lowest BCUT2D eigenvalue weighted by Crippen LogP contribution is -2.23. The second-order valence-electron chi connectivity index (χ2n) is 2.79. The molecule has 0 fully saturated rings. The third-order valence-electron chi connectivity index (χ3n) is 1.77. The maximum atomic E-state index is 9.47. The minimum atomic E-state index is -1.24. The molecule has 0 aliphatic carbocycles. The fraction of sp³-hybridized carbons (Fsp3) is 0.375. The van der Waals surface area contributed by atoms with E-state index >= 15 is 0 Å². The van der Waals surface area contributed by atoms with Gasteiger partial charge in [-0.15, -0.1) is 0 Å². The van der Waals surface area contributed by atoms with Gasteiger partial charge in [-0.3, -0.25) is 0 Å². The van der Waals surface area contributed by atoms with Gasteiger partial charge in [0.2, 0.25) is 0 Å². The maximum Gasteiger partial charge on any atom is 0.140 e. The second kappa shape index (κ2) is 4.87. The summed E-state index contributed by atoms with van der Waals surface area (Å²) in [5.74, 6) is 5.50. The summed E-state index contributed by atoms with van der Waals surface area (Å²) in [4.78, 5) is 3.90. The van der Waals surface area contributed by atoms with Gasteiger partial charge < -0.3 is 20.7 Å². The van der Waals surface area contributed by atoms with Crippen molar-refractivity contribution >= 4 is 5.82 Å². The number of anilines is 1. The van der Waals surface area contributed by atoms with Crippen LogP contribution >= 0.6 is 0 Å². The van der Waals surface area contributed by atoms with E-state index in [4.69, 9.17) is 16.1 Å². The highest BCUT2D eigenvalue weighted by Crippen LogP contribution is 2.15. The number of rotatable bonds is 4. The van der Waals surface area contributed by atoms with Crippen molar-refractivity contribution in [2.75, 3.05) is 12.0 Å². The van der Waals surface area contributed by atoms with Crippen LogP contribution in [0.2, 0.25) is 0 Å². The topological polar surface area (TPSA) is 112 Å². The van der Waals surface area contributed by atoms with Gasteiger partial charge in [-0.25, -0.2) is 10.8 Å². The Morgan fingerprint density at radius 1 is 1.43 bits per heavy atom. The number of aromatic nitrogens is 1. The number of pyridine rings is 1. The van der Waals surface area contributed by atoms with Crippen molar-refractivity contribution in [3.8, 4) is 0 Å². The first-order chi connectivity index (χ1) is 6.69. The van der Waals surface area contributed by atoms with Crippen molar-refractivity contribution in [1.82, 2.24) is 4.98 Å². The zero-order valence-corrected chi connectivity index (χ0v) is 7.46. The Balaban J connectivity index is 2.83. The third-order valence-corrected chi connectivity index (χ3v) is 1.77. The molecule has 0 amide bonds. The molecule has 2 atom stereocenters. The molecule has 0 bridgehead atoms. The summed E-state index contributed by atoms with van der Waals surface area (Å²) in [6.45, 7) is -0.525. The van der Waals surface area contributed by atoms with Crippen LogP contribution in [0, 0.1) is 0 Å². The summed E-state index contributed by atoms with van der Waals surface area (Å²) >= 11 is 0. The first-order valence-electron chi connectivity index (χ1n) is 4.09. The second-order valence-corrected chi connectivity index (χ2v) is 2.79. The predicted molar refractivity (Wildman–Crippen MR) is 50.1 cm³/mol. The fourth-order valence-corrected chi connectivity index (χ4v) is 0.994. The highest BCUT2D eigenvalue weighted by atomic mass is 16.4. The summed E-state index contributed by atoms with van der Waals surface area (Å²) in [6, 6.07) is 4.77. The van der Waals surface area contributed by atoms with Crippen LogP contribution in [-0.2, 0) is 0 Å². The Morgan fingerprint density at radius 2 is 2.14 bits per heavy atom. The smallest absolute Gasteiger partial charge is 0.140 e. The summed E-state index contributed by atoms with van der Waals surface area (Å²) in [5.41, 5.74) is 2.56. The Hall–Kier alpha value is -1.21. The van der Waals surface area contributed by atoms with Gasteiger partial charge >= 0.3 is 0 Å². The maximum absolute atomic E-state index is 9.47. The largest absolute Gasteiger partial charge is 0.394 e. The molecule has 14 heavy (non-hydrogen) atoms. The number of nitrogens with one attached hydrogen (secondary N) is 1. The summed E-state index contributed by atoms with van der Waals surface area (Å²) < 4.78 is 0. The van der Waals surface area contributed by atoms with Crippen LogP contribution in [0.15, 0.2) is 18.2 Å². The molecule has 1 heterocycles. The minimum absolute atomic E-state index is 0.252. The van der Waals surface area contributed by atoms with E-state index < -0.39 is 18.8 Å². The van der Waals surface area contributed by atoms with E-state index in [0.717, 1.165) is 0 Å². The van der Waals surface area contributed by atoms with Crippen LogP contribution in [0.5, 0.6) is 0 Å². The number of aliphatic hydroxyl groups is 3. The van der Waals surface area contributed by atoms with Gasteiger partial charge in [-0.05, 0) is 12.1 Å². The molecule has 78 valence electrons. The number of hydrogen-bond acceptors (Lipinski definition) is 6. The van der Waals surface area contributed by atoms with Crippen LogP contribution < -0.4 is 11.3 Å². The molecule has 6 heteroatoms. The van der Waals surface area contributed by atoms with Gasteiger partial charge in [-0.2, -0.15) is 0 Å². The van der Waals surface area contributed by atoms with E-state index in [1.807, 2.05) is 0 Å². The van der Waals surface area contributed by atoms with E-state index in [0.29, 0.717) is 5.82 Å². The monoisotopic (exact) mass is 199 g/mol. The Morgan fingerprint density at radius 3 is 2.71 bits per heavy atom. The van der Waals surface area contributed by atoms with Crippen molar-refractivity contribution in [1.29, 1.82) is 0 Å². The lowest BCUT2D eigenvalue weighted by molar-refractivity contribution is -0.0172. The number of nitrogen functional groups attached to an aromatic ring is 1. The molecule has 0 saturated carbocycles. The third kappa shape index (κ3) is 2.39. The molecule has 6 nitrogen and oxygen atoms in total. The zero-order chi connectivity index (χ0) is 10.6. The molecule has 1 rings (SSSR count). The van der Waals surface area contributed by atoms with Crippen molar-refractivity contribution in [2.45, 2.75) is 12.2 Å². The fourth-order valence-electron chi connectivity index (χ4n) is 0.994. The SMILES string of the molecule is NNc1cccc(C(O)C(O)CO)n1. The van der Waals surface area contributed by atoms with Crippen LogP contribution in [0.25, 0.3) is 0 Å². The molecule has 6 N–H and O–H groups in total. The van der Waals surface area contributed by atoms with E-state index in [2.05, 4.69) is 10.4 Å². The van der Waals surface area contributed by atoms with E-state index in [1.54, 1.807) is 12.1 Å². The Labute approximate surface area is 81.0 Å². The molecular formula is C8H13N3O3. The Kier molecular flexibility index (Phi) is 3.78. The van der Waals surface area contributed by atoms with Crippen molar-refractivity contribution in [3.05, 3.63) is 23.9 Å². The van der Waals surface area contributed by atoms with Crippen LogP contribution in [0.1, 0.15) is 11.8 Å². The zero-order valence-electron chi connectivity index (χ0n) is 7.46. The molecule has 0 aromatic carbocycles. The molecule has 0 radical (unpaired) electrons. The van der Waals surface area contributed by atoms with Crippen molar-refractivity contribution in [2.24, 2.45) is 5.84 Å². The lowest BCUT2D eigenvalue weighted by Gasteiger charge is -2.15. The molecular weight excluding hydrogens is 186 g/mol. The summed E-state index contributed by atoms with van der Waals surface area (Å²) in [7, 11) is 0. The average molecular weight is 199 g/mol. The number of hydrogen-bond donors (Lipinski definition) is 5. The first-order valence-corrected chi connectivity index (χ1v) is 4.09. The van der Waals surface area contributed by atoms with Gasteiger partial charge in [0.1, 0.15) is 18.0 Å². The first kappa shape index (κ1) is 10.9. The average Bonchev–Trinajstić information content (AvgIpc) is 2.27. The standard InChI is InChI=1S/C8H13N3O3/c9-11-7-3-1-2-5(10-7)8(14)6(13)4-12/h1-3,6,8,12-14H,4,9H2,(H,10,11). The molecule has 0 aliphatic heterocycles. The summed E-state index contributed by atoms with van der Waals surface area (Å²) in [5, 5.41) is 27.2. The quantitative estimate of drug-likeness (QED) is 0.306. The highest BCUT2D eigenvalue weighted by Gasteiger charge is 2.18. The molecule has 1 aromatic heterocycles. The number of nitrogens with two attached hydrogens (primary N) is 1. The van der Waals surface area contributed by atoms with E-state index in [1.165, 1.54) is 6.07 Å². The van der Waals surface area contributed by atoms with Crippen LogP contribution in [-0.4, -0.2) is 33.0 Å². The summed E-state index contributed by atoms with van der Waals surface area (Å²) in [6.07, 6.45) is -2.45. The van der Waals surface area contributed by atoms with Gasteiger partial charge in [0, 0.05) is 0 Å². The van der Waals surface area contributed by atoms with Crippen molar-refractivity contribution in [3.63, 3.8) is 0 Å². The van der Waals surface area contributed by atoms with Gasteiger partial charge in [0.25, 0.3) is 0 Å². The van der Waals surface area contributed by atoms with Gasteiger partial charge in [0.05, 0.1) is 12.3 Å². The molecule has 0 aliphatic rings. The van der Waals surface area contributed by atoms with Crippen LogP contribution in [0.4, 0.5) is 5.82 Å². The molecule has 0 saturated heterocycles. The normalized spacial score (nSPS) is 14.9. The molecule has 2 unspecified atom stereocenters. The highest BCUT2D eigenvalue weighted by molar-refractivity contribution is 5.34. The molecule has 0 spiro atoms. The van der Waals surface area contributed by atoms with Crippen molar-refractivity contribution < 1.29 is 15.3 Å². The minimum Gasteiger partial charge on any atom is -0.394 e. The predicted octanol–water partition coefficient (Wildman–Crippen LogP) is -1.25. The van der Waals surface area contributed by atoms with Gasteiger partial charge in [0.15, 0.2) is 0 Å². The Bertz CT molecular complexity index is 295. The van der Waals surface area contributed by atoms with Gasteiger partial charge in [-0.1, -0.05) is 6.07 Å². The number of hydrazine groups is 1. The number of nitrogens with zero attached hydrogens (tertiary/aromatic N) is 1. The lowest BCUT2D eigenvalue weighted by atomic mass is 10.1. The van der Waals surface area contributed by atoms with E-state index in [-0.39, 0.29) is 5.69 Å². The van der Waals surface area contributed by atoms with E-state index in [9.17, 15) is 5.11 Å². The number of aliphatic hydroxyl groups excluding tert-OH is 3. The van der Waals surface area contributed by atoms with Crippen LogP contribution in [0.3, 0.4) is 0 Å².